The lowest BCUT2D eigenvalue weighted by Crippen LogP contribution is -2.01. The van der Waals surface area contributed by atoms with E-state index < -0.39 is 0 Å². The fraction of sp³-hybridized carbons (Fsp3) is 0.167. The first kappa shape index (κ1) is 14.0. The van der Waals surface area contributed by atoms with Crippen LogP contribution in [0.4, 0.5) is 5.69 Å². The van der Waals surface area contributed by atoms with Crippen molar-refractivity contribution in [3.05, 3.63) is 66.5 Å². The minimum Gasteiger partial charge on any atom is -0.380 e. The van der Waals surface area contributed by atoms with Crippen molar-refractivity contribution in [3.8, 4) is 0 Å². The number of nitrogens with zero attached hydrogens (tertiary/aromatic N) is 1. The number of rotatable bonds is 5. The SMILES string of the molecule is CCSc1ccccc1NCc1cccc2cnccc12. The van der Waals surface area contributed by atoms with Crippen LogP contribution in [0.1, 0.15) is 12.5 Å². The van der Waals surface area contributed by atoms with Crippen molar-refractivity contribution in [3.63, 3.8) is 0 Å². The molecule has 0 aliphatic heterocycles. The average molecular weight is 294 g/mol. The number of fused-ring (bicyclic) bond motifs is 1. The molecule has 3 heteroatoms. The first-order valence-corrected chi connectivity index (χ1v) is 8.14. The van der Waals surface area contributed by atoms with Crippen LogP contribution in [-0.4, -0.2) is 10.7 Å². The third-order valence-electron chi connectivity index (χ3n) is 3.43. The number of pyridine rings is 1. The highest BCUT2D eigenvalue weighted by Gasteiger charge is 2.03. The molecule has 0 spiro atoms. The summed E-state index contributed by atoms with van der Waals surface area (Å²) >= 11 is 1.87. The number of thioether (sulfide) groups is 1. The van der Waals surface area contributed by atoms with E-state index in [0.29, 0.717) is 0 Å². The first-order chi connectivity index (χ1) is 10.4. The van der Waals surface area contributed by atoms with Crippen molar-refractivity contribution in [2.24, 2.45) is 0 Å². The molecule has 0 unspecified atom stereocenters. The highest BCUT2D eigenvalue weighted by molar-refractivity contribution is 7.99. The largest absolute Gasteiger partial charge is 0.380 e. The van der Waals surface area contributed by atoms with Gasteiger partial charge in [-0.1, -0.05) is 37.3 Å². The number of anilines is 1. The van der Waals surface area contributed by atoms with E-state index in [4.69, 9.17) is 0 Å². The highest BCUT2D eigenvalue weighted by Crippen LogP contribution is 2.27. The summed E-state index contributed by atoms with van der Waals surface area (Å²) in [5.41, 5.74) is 2.50. The summed E-state index contributed by atoms with van der Waals surface area (Å²) in [5.74, 6) is 1.08. The lowest BCUT2D eigenvalue weighted by atomic mass is 10.1. The molecule has 0 fully saturated rings. The van der Waals surface area contributed by atoms with Gasteiger partial charge < -0.3 is 5.32 Å². The van der Waals surface area contributed by atoms with Crippen LogP contribution in [0.15, 0.2) is 65.8 Å². The summed E-state index contributed by atoms with van der Waals surface area (Å²) in [4.78, 5) is 5.49. The van der Waals surface area contributed by atoms with Gasteiger partial charge in [0.25, 0.3) is 0 Å². The predicted octanol–water partition coefficient (Wildman–Crippen LogP) is 4.96. The van der Waals surface area contributed by atoms with E-state index in [9.17, 15) is 0 Å². The van der Waals surface area contributed by atoms with Crippen molar-refractivity contribution in [2.45, 2.75) is 18.4 Å². The maximum absolute atomic E-state index is 4.19. The second kappa shape index (κ2) is 6.64. The number of hydrogen-bond donors (Lipinski definition) is 1. The Morgan fingerprint density at radius 1 is 1.05 bits per heavy atom. The van der Waals surface area contributed by atoms with Gasteiger partial charge >= 0.3 is 0 Å². The summed E-state index contributed by atoms with van der Waals surface area (Å²) in [6.45, 7) is 3.00. The molecule has 0 aliphatic carbocycles. The van der Waals surface area contributed by atoms with Gasteiger partial charge in [-0.3, -0.25) is 4.98 Å². The Hall–Kier alpha value is -2.00. The summed E-state index contributed by atoms with van der Waals surface area (Å²) in [6, 6.07) is 16.9. The molecule has 0 saturated heterocycles. The Morgan fingerprint density at radius 3 is 2.86 bits per heavy atom. The molecule has 21 heavy (non-hydrogen) atoms. The third-order valence-corrected chi connectivity index (χ3v) is 4.38. The number of benzene rings is 2. The number of aromatic nitrogens is 1. The average Bonchev–Trinajstić information content (AvgIpc) is 2.54. The van der Waals surface area contributed by atoms with Crippen LogP contribution < -0.4 is 5.32 Å². The number of para-hydroxylation sites is 1. The van der Waals surface area contributed by atoms with E-state index in [1.54, 1.807) is 0 Å². The van der Waals surface area contributed by atoms with E-state index >= 15 is 0 Å². The summed E-state index contributed by atoms with van der Waals surface area (Å²) in [5, 5.41) is 6.02. The van der Waals surface area contributed by atoms with E-state index in [-0.39, 0.29) is 0 Å². The van der Waals surface area contributed by atoms with Gasteiger partial charge in [-0.2, -0.15) is 0 Å². The molecule has 0 amide bonds. The molecule has 2 aromatic carbocycles. The Bertz CT molecular complexity index is 735. The molecular formula is C18H18N2S. The standard InChI is InChI=1S/C18H18N2S/c1-2-21-18-9-4-3-8-17(18)20-13-15-7-5-6-14-12-19-11-10-16(14)15/h3-12,20H,2,13H2,1H3. The van der Waals surface area contributed by atoms with Crippen LogP contribution in [0.2, 0.25) is 0 Å². The molecule has 0 bridgehead atoms. The minimum atomic E-state index is 0.822. The lowest BCUT2D eigenvalue weighted by molar-refractivity contribution is 1.14. The van der Waals surface area contributed by atoms with Gasteiger partial charge in [0.15, 0.2) is 0 Å². The zero-order chi connectivity index (χ0) is 14.5. The highest BCUT2D eigenvalue weighted by atomic mass is 32.2. The van der Waals surface area contributed by atoms with Crippen LogP contribution in [-0.2, 0) is 6.54 Å². The van der Waals surface area contributed by atoms with Crippen molar-refractivity contribution >= 4 is 28.2 Å². The fourth-order valence-corrected chi connectivity index (χ4v) is 3.21. The molecule has 2 nitrogen and oxygen atoms in total. The Balaban J connectivity index is 1.84. The van der Waals surface area contributed by atoms with Gasteiger partial charge in [-0.25, -0.2) is 0 Å². The summed E-state index contributed by atoms with van der Waals surface area (Å²) in [7, 11) is 0. The third kappa shape index (κ3) is 3.19. The summed E-state index contributed by atoms with van der Waals surface area (Å²) in [6.07, 6.45) is 3.77. The molecular weight excluding hydrogens is 276 g/mol. The van der Waals surface area contributed by atoms with Gasteiger partial charge in [0.1, 0.15) is 0 Å². The van der Waals surface area contributed by atoms with Crippen molar-refractivity contribution < 1.29 is 0 Å². The molecule has 0 aliphatic rings. The zero-order valence-electron chi connectivity index (χ0n) is 12.0. The van der Waals surface area contributed by atoms with Gasteiger partial charge in [0, 0.05) is 34.9 Å². The van der Waals surface area contributed by atoms with Crippen LogP contribution in [0, 0.1) is 0 Å². The van der Waals surface area contributed by atoms with Crippen molar-refractivity contribution in [2.75, 3.05) is 11.1 Å². The maximum atomic E-state index is 4.19. The topological polar surface area (TPSA) is 24.9 Å². The van der Waals surface area contributed by atoms with Crippen molar-refractivity contribution in [1.29, 1.82) is 0 Å². The molecule has 0 saturated carbocycles. The second-order valence-electron chi connectivity index (χ2n) is 4.80. The van der Waals surface area contributed by atoms with Crippen LogP contribution in [0.3, 0.4) is 0 Å². The van der Waals surface area contributed by atoms with Gasteiger partial charge in [0.05, 0.1) is 0 Å². The van der Waals surface area contributed by atoms with Gasteiger partial charge in [0.2, 0.25) is 0 Å². The predicted molar refractivity (Wildman–Crippen MR) is 91.9 cm³/mol. The molecule has 3 aromatic rings. The number of nitrogens with one attached hydrogen (secondary N) is 1. The second-order valence-corrected chi connectivity index (χ2v) is 6.10. The van der Waals surface area contributed by atoms with Crippen LogP contribution in [0.5, 0.6) is 0 Å². The van der Waals surface area contributed by atoms with E-state index in [2.05, 4.69) is 65.8 Å². The Morgan fingerprint density at radius 2 is 1.95 bits per heavy atom. The smallest absolute Gasteiger partial charge is 0.0481 e. The minimum absolute atomic E-state index is 0.822. The molecule has 1 aromatic heterocycles. The summed E-state index contributed by atoms with van der Waals surface area (Å²) < 4.78 is 0. The molecule has 106 valence electrons. The molecule has 1 N–H and O–H groups in total. The first-order valence-electron chi connectivity index (χ1n) is 7.16. The zero-order valence-corrected chi connectivity index (χ0v) is 12.9. The molecule has 3 rings (SSSR count). The normalized spacial score (nSPS) is 10.7. The molecule has 1 heterocycles. The molecule has 0 atom stereocenters. The quantitative estimate of drug-likeness (QED) is 0.673. The Labute approximate surface area is 129 Å². The number of hydrogen-bond acceptors (Lipinski definition) is 3. The van der Waals surface area contributed by atoms with Gasteiger partial charge in [-0.15, -0.1) is 11.8 Å². The monoisotopic (exact) mass is 294 g/mol. The van der Waals surface area contributed by atoms with Gasteiger partial charge in [-0.05, 0) is 34.9 Å². The van der Waals surface area contributed by atoms with E-state index in [1.807, 2.05) is 24.2 Å². The van der Waals surface area contributed by atoms with E-state index in [1.165, 1.54) is 26.9 Å². The fourth-order valence-electron chi connectivity index (χ4n) is 2.43. The van der Waals surface area contributed by atoms with Crippen molar-refractivity contribution in [1.82, 2.24) is 4.98 Å². The Kier molecular flexibility index (Phi) is 4.41. The van der Waals surface area contributed by atoms with Crippen LogP contribution in [0.25, 0.3) is 10.8 Å². The molecule has 0 radical (unpaired) electrons. The van der Waals surface area contributed by atoms with E-state index in [0.717, 1.165) is 12.3 Å². The lowest BCUT2D eigenvalue weighted by Gasteiger charge is -2.12. The maximum Gasteiger partial charge on any atom is 0.0481 e. The van der Waals surface area contributed by atoms with Crippen LogP contribution >= 0.6 is 11.8 Å².